The van der Waals surface area contributed by atoms with Gasteiger partial charge in [0.05, 0.1) is 117 Å². The van der Waals surface area contributed by atoms with Gasteiger partial charge in [-0.15, -0.1) is 39.1 Å². The summed E-state index contributed by atoms with van der Waals surface area (Å²) in [6.07, 6.45) is 21.5. The molecule has 9 aromatic heterocycles. The van der Waals surface area contributed by atoms with Crippen LogP contribution in [0.3, 0.4) is 0 Å². The molecular weight excluding hydrogens is 1450 g/mol. The molecule has 0 saturated carbocycles. The number of fused-ring (bicyclic) bond motifs is 2. The Morgan fingerprint density at radius 3 is 1.95 bits per heavy atom. The zero-order chi connectivity index (χ0) is 84.1. The summed E-state index contributed by atoms with van der Waals surface area (Å²) in [4.78, 5) is 11.5. The van der Waals surface area contributed by atoms with Gasteiger partial charge in [0.1, 0.15) is 60.1 Å². The van der Waals surface area contributed by atoms with Crippen LogP contribution >= 0.6 is 19.3 Å². The molecule has 12 rings (SSSR count). The van der Waals surface area contributed by atoms with Crippen molar-refractivity contribution in [1.29, 1.82) is 10.9 Å². The molecule has 0 fully saturated rings. The van der Waals surface area contributed by atoms with Crippen molar-refractivity contribution in [2.75, 3.05) is 27.8 Å². The molecule has 0 aromatic carbocycles. The van der Waals surface area contributed by atoms with Crippen LogP contribution in [0.5, 0.6) is 0 Å². The van der Waals surface area contributed by atoms with Gasteiger partial charge in [-0.05, 0) is 107 Å². The number of aromatic amines is 1. The molecule has 11 N–H and O–H groups in total. The van der Waals surface area contributed by atoms with Crippen molar-refractivity contribution in [2.45, 2.75) is 159 Å². The topological polar surface area (TPSA) is 296 Å². The van der Waals surface area contributed by atoms with Crippen molar-refractivity contribution in [1.82, 2.24) is 52.4 Å². The van der Waals surface area contributed by atoms with Gasteiger partial charge in [0.2, 0.25) is 28.5 Å². The van der Waals surface area contributed by atoms with Crippen molar-refractivity contribution >= 4 is 83.5 Å². The van der Waals surface area contributed by atoms with Crippen LogP contribution in [-0.2, 0) is 53.6 Å². The molecule has 1 atom stereocenters. The molecule has 1 unspecified atom stereocenters. The fourth-order valence-corrected chi connectivity index (χ4v) is 14.7. The van der Waals surface area contributed by atoms with Gasteiger partial charge in [-0.3, -0.25) is 19.9 Å². The minimum atomic E-state index is 0.00154. The fraction of sp³-hybridized carbons (Fsp3) is 0.402. The Bertz CT molecular complexity index is 5020. The lowest BCUT2D eigenvalue weighted by Gasteiger charge is -2.31. The molecule has 3 aliphatic heterocycles. The molecular formula is C82H128N24O2PS2+5. The van der Waals surface area contributed by atoms with Gasteiger partial charge in [0, 0.05) is 78.8 Å². The van der Waals surface area contributed by atoms with E-state index in [9.17, 15) is 0 Å². The van der Waals surface area contributed by atoms with Crippen LogP contribution in [0.1, 0.15) is 146 Å². The minimum Gasteiger partial charge on any atom is -0.481 e. The van der Waals surface area contributed by atoms with Crippen molar-refractivity contribution in [3.05, 3.63) is 231 Å². The normalized spacial score (nSPS) is 14.6. The molecule has 12 heterocycles. The SMILES string of the molecule is CC(=CN)[C-](C)[O+]=c1oc(C)c(C)[c+](C)n1C.CC(=CN)[C-](C)[S+]=c1sc(C)c(C)[c+](C)n1C.CC(=N)C(C)=[NH2+].CC(N)=C1C=CC=[N+]1c1[n+](C)[c-](C)[c-]2ccc[n+]12.CC1=C(C)N(C)C=[N+](C)[C-]1C.CC1=C(C)P(C)C=[N+](C)[C-]1C.C[n+]1[nH]c2cccn2c1-n1cccc1N=N.Cc1ncn(C)c1C.Cc1ncn(C)n1. The summed E-state index contributed by atoms with van der Waals surface area (Å²) < 4.78 is 37.1. The van der Waals surface area contributed by atoms with Crippen LogP contribution < -0.4 is 42.0 Å². The summed E-state index contributed by atoms with van der Waals surface area (Å²) in [6, 6.07) is 14.5. The Hall–Kier alpha value is -10.7. The first kappa shape index (κ1) is 92.7. The van der Waals surface area contributed by atoms with E-state index < -0.39 is 0 Å². The predicted molar refractivity (Wildman–Crippen MR) is 459 cm³/mol. The number of rotatable bonds is 8. The number of aryl methyl sites for hydroxylation is 8. The smallest absolute Gasteiger partial charge is 0.481 e. The lowest BCUT2D eigenvalue weighted by molar-refractivity contribution is -0.780. The Morgan fingerprint density at radius 2 is 1.43 bits per heavy atom. The summed E-state index contributed by atoms with van der Waals surface area (Å²) in [5, 5.41) is 25.3. The Kier molecular flexibility index (Phi) is 35.0. The van der Waals surface area contributed by atoms with Gasteiger partial charge in [0.15, 0.2) is 18.0 Å². The van der Waals surface area contributed by atoms with Gasteiger partial charge < -0.3 is 35.8 Å². The van der Waals surface area contributed by atoms with Gasteiger partial charge in [0.25, 0.3) is 0 Å². The first-order chi connectivity index (χ1) is 51.9. The predicted octanol–water partition coefficient (Wildman–Crippen LogP) is 12.0. The van der Waals surface area contributed by atoms with E-state index >= 15 is 0 Å². The quantitative estimate of drug-likeness (QED) is 0.0146. The van der Waals surface area contributed by atoms with E-state index in [0.717, 1.165) is 74.7 Å². The second-order valence-corrected chi connectivity index (χ2v) is 32.5. The first-order valence-electron chi connectivity index (χ1n) is 36.4. The number of likely N-dealkylation sites (N-methyl/N-ethyl adjacent to an activating group) is 2. The largest absolute Gasteiger partial charge is 0.715 e. The maximum absolute atomic E-state index is 7.12. The van der Waals surface area contributed by atoms with Crippen LogP contribution in [0.2, 0.25) is 0 Å². The highest BCUT2D eigenvalue weighted by atomic mass is 32.2. The third kappa shape index (κ3) is 24.2. The molecule has 600 valence electrons. The monoisotopic (exact) mass is 1580 g/mol. The Morgan fingerprint density at radius 1 is 0.829 bits per heavy atom. The molecule has 26 nitrogen and oxygen atoms in total. The highest BCUT2D eigenvalue weighted by molar-refractivity contribution is 7.75. The zero-order valence-corrected chi connectivity index (χ0v) is 74.9. The number of allylic oxidation sites excluding steroid dienone is 5. The number of hydrogen-bond donors (Lipinski definition) is 7. The average molecular weight is 1580 g/mol. The summed E-state index contributed by atoms with van der Waals surface area (Å²) in [7, 11) is 18.2. The van der Waals surface area contributed by atoms with Gasteiger partial charge in [-0.25, -0.2) is 20.6 Å². The van der Waals surface area contributed by atoms with Crippen molar-refractivity contribution in [3.8, 4) is 5.95 Å². The minimum absolute atomic E-state index is 0.00154. The van der Waals surface area contributed by atoms with Crippen LogP contribution in [-0.4, -0.2) is 124 Å². The van der Waals surface area contributed by atoms with Crippen molar-refractivity contribution in [3.63, 3.8) is 0 Å². The number of H-pyrrole nitrogens is 1. The Balaban J connectivity index is 0.000000269. The number of aromatic nitrogens is 13. The summed E-state index contributed by atoms with van der Waals surface area (Å²) in [6.45, 7) is 49.1. The average Bonchev–Trinajstić information content (AvgIpc) is 1.61. The molecule has 29 heteroatoms. The summed E-state index contributed by atoms with van der Waals surface area (Å²) in [5.41, 5.74) is 43.9. The number of nitrogens with zero attached hydrogens (tertiary/aromatic N) is 17. The van der Waals surface area contributed by atoms with Crippen LogP contribution in [0.25, 0.3) is 17.1 Å². The molecule has 0 amide bonds. The number of hydrogen-bond acceptors (Lipinski definition) is 12. The van der Waals surface area contributed by atoms with E-state index in [-0.39, 0.29) is 7.92 Å². The molecule has 0 spiro atoms. The molecule has 0 bridgehead atoms. The van der Waals surface area contributed by atoms with Crippen LogP contribution in [0.15, 0.2) is 151 Å². The van der Waals surface area contributed by atoms with E-state index in [1.807, 2.05) is 180 Å². The first-order valence-corrected chi connectivity index (χ1v) is 39.9. The van der Waals surface area contributed by atoms with E-state index in [4.69, 9.17) is 42.4 Å². The third-order valence-electron chi connectivity index (χ3n) is 20.1. The van der Waals surface area contributed by atoms with Crippen LogP contribution in [0.4, 0.5) is 11.8 Å². The Labute approximate surface area is 668 Å². The standard InChI is InChI=1S/C14H16N4.C13H21N2O2.C13H21N2S2.C10H11N6.C9H16N2.C9H16NP.C6H10N2.C4H7N3.C4H8N2/c1-10(15)12-6-4-8-17(12)14-16(3)11(2)13-7-5-9-18(13)14;2*1-8(7-14)11(4)16-13-15(6)10(3)9(2)12(5)17-13;1-14-10(15-6-2-4-8(15)12-11)16-7-3-5-9(16)13-14;2*1-7-8(2)10(4)6-11(5)9(7)3;1-5-6(2)8(3)4-7-5;1-4-5-3-7(2)6-4;1-3(5)4(2)6/h4-9,15H,1-3H3;2*7H,14H2,1-6H3;2-7,11,13H,1H3;2*6H,1-5H3;4H,1-3H3;3H,1-2H3;5-6H,1-2H3/q;3*+1;;;;;/p+2. The molecule has 9 aromatic rings. The lowest BCUT2D eigenvalue weighted by atomic mass is 10.1. The molecule has 0 saturated heterocycles. The lowest BCUT2D eigenvalue weighted by Crippen LogP contribution is -2.41. The van der Waals surface area contributed by atoms with E-state index in [2.05, 4.69) is 213 Å². The maximum Gasteiger partial charge on any atom is 0.715 e. The fourth-order valence-electron chi connectivity index (χ4n) is 10.6. The van der Waals surface area contributed by atoms with Crippen LogP contribution in [0, 0.1) is 108 Å². The van der Waals surface area contributed by atoms with Gasteiger partial charge >= 0.3 is 27.4 Å². The van der Waals surface area contributed by atoms with Gasteiger partial charge in [-0.1, -0.05) is 75.7 Å². The van der Waals surface area contributed by atoms with Crippen molar-refractivity contribution in [2.24, 2.45) is 64.6 Å². The summed E-state index contributed by atoms with van der Waals surface area (Å²) >= 11 is 3.63. The summed E-state index contributed by atoms with van der Waals surface area (Å²) in [5.74, 6) is 7.08. The second kappa shape index (κ2) is 41.9. The highest BCUT2D eigenvalue weighted by Gasteiger charge is 2.35. The zero-order valence-electron chi connectivity index (χ0n) is 72.4. The van der Waals surface area contributed by atoms with E-state index in [1.54, 1.807) is 53.8 Å². The highest BCUT2D eigenvalue weighted by Crippen LogP contribution is 2.44. The third-order valence-corrected chi connectivity index (χ3v) is 24.9. The molecule has 0 aliphatic carbocycles. The number of imidazole rings is 2. The van der Waals surface area contributed by atoms with E-state index in [0.29, 0.717) is 23.0 Å². The van der Waals surface area contributed by atoms with Crippen molar-refractivity contribution < 1.29 is 37.2 Å². The van der Waals surface area contributed by atoms with Gasteiger partial charge in [-0.2, -0.15) is 44.4 Å². The second-order valence-electron chi connectivity index (χ2n) is 27.7. The molecule has 111 heavy (non-hydrogen) atoms. The number of nitrogens with one attached hydrogen (secondary N) is 3. The van der Waals surface area contributed by atoms with E-state index in [1.165, 1.54) is 77.4 Å². The molecule has 3 aliphatic rings. The molecule has 0 radical (unpaired) electrons. The maximum atomic E-state index is 7.12. The number of nitrogens with two attached hydrogens (primary N) is 4.